The summed E-state index contributed by atoms with van der Waals surface area (Å²) in [5.41, 5.74) is 0. The van der Waals surface area contributed by atoms with Crippen LogP contribution in [0, 0.1) is 0 Å². The van der Waals surface area contributed by atoms with E-state index in [9.17, 15) is 70.0 Å². The summed E-state index contributed by atoms with van der Waals surface area (Å²) in [6.45, 7) is 0. The highest BCUT2D eigenvalue weighted by Crippen LogP contribution is 2.58. The molecule has 0 heterocycles. The van der Waals surface area contributed by atoms with Gasteiger partial charge in [0.2, 0.25) is 0 Å². The van der Waals surface area contributed by atoms with E-state index in [0.29, 0.717) is 0 Å². The fraction of sp³-hybridized carbons (Fsp3) is 1.00. The van der Waals surface area contributed by atoms with E-state index in [1.54, 1.807) is 0 Å². The van der Waals surface area contributed by atoms with Crippen molar-refractivity contribution in [3.63, 3.8) is 0 Å². The normalized spacial score (nSPS) is 16.4. The predicted molar refractivity (Wildman–Crippen MR) is 41.6 cm³/mol. The molecule has 0 N–H and O–H groups in total. The number of halogens is 13. The first kappa shape index (κ1) is 23.0. The largest absolute Gasteiger partial charge is 0.743 e. The molecular weight excluding hydrogens is 415 g/mol. The zero-order valence-corrected chi connectivity index (χ0v) is 10.8. The number of hydrogen-bond acceptors (Lipinski definition) is 4. The molecule has 146 valence electrons. The van der Waals surface area contributed by atoms with Crippen molar-refractivity contribution in [2.75, 3.05) is 0 Å². The lowest BCUT2D eigenvalue weighted by atomic mass is 10.0. The molecule has 0 saturated heterocycles. The first-order valence-electron chi connectivity index (χ1n) is 4.57. The lowest BCUT2D eigenvalue weighted by Crippen LogP contribution is -2.69. The minimum absolute atomic E-state index is 1.20. The second kappa shape index (κ2) is 5.48. The van der Waals surface area contributed by atoms with Gasteiger partial charge in [-0.05, 0) is 0 Å². The Balaban J connectivity index is 6.31. The van der Waals surface area contributed by atoms with Crippen molar-refractivity contribution >= 4 is 10.1 Å². The van der Waals surface area contributed by atoms with Gasteiger partial charge >= 0.3 is 35.5 Å². The first-order chi connectivity index (χ1) is 9.96. The van der Waals surface area contributed by atoms with Crippen molar-refractivity contribution in [2.24, 2.45) is 0 Å². The fourth-order valence-electron chi connectivity index (χ4n) is 0.929. The summed E-state index contributed by atoms with van der Waals surface area (Å²) >= 11 is 0. The van der Waals surface area contributed by atoms with Crippen molar-refractivity contribution in [1.29, 1.82) is 0 Å². The molecule has 0 aliphatic heterocycles. The molecule has 24 heavy (non-hydrogen) atoms. The second-order valence-electron chi connectivity index (χ2n) is 3.76. The van der Waals surface area contributed by atoms with Crippen molar-refractivity contribution in [3.05, 3.63) is 0 Å². The van der Waals surface area contributed by atoms with E-state index in [1.807, 2.05) is 0 Å². The molecule has 0 spiro atoms. The maximum atomic E-state index is 12.8. The van der Waals surface area contributed by atoms with Gasteiger partial charge in [0.25, 0.3) is 0 Å². The fourth-order valence-corrected chi connectivity index (χ4v) is 1.37. The summed E-state index contributed by atoms with van der Waals surface area (Å²) in [5, 5.41) is -7.60. The van der Waals surface area contributed by atoms with Gasteiger partial charge in [-0.2, -0.15) is 43.9 Å². The third-order valence-corrected chi connectivity index (χ3v) is 2.96. The van der Waals surface area contributed by atoms with Gasteiger partial charge in [0.05, 0.1) is 0 Å². The van der Waals surface area contributed by atoms with E-state index in [4.69, 9.17) is 0 Å². The molecule has 4 nitrogen and oxygen atoms in total. The highest BCUT2D eigenvalue weighted by molar-refractivity contribution is 7.86. The molecule has 0 atom stereocenters. The molecular formula is C6F13O4S-. The third-order valence-electron chi connectivity index (χ3n) is 2.08. The summed E-state index contributed by atoms with van der Waals surface area (Å²) in [4.78, 5) is 0. The van der Waals surface area contributed by atoms with Gasteiger partial charge in [-0.3, -0.25) is 0 Å². The standard InChI is InChI=1S/C6HF13O4S/c7-1(8,3(11,12)5(15,16)24(20,21)22)2(9,10)4(13,14)23-6(17,18)19/h(H,20,21,22)/p-1. The van der Waals surface area contributed by atoms with Crippen LogP contribution in [0.4, 0.5) is 57.1 Å². The van der Waals surface area contributed by atoms with Gasteiger partial charge in [0, 0.05) is 0 Å². The molecule has 0 rings (SSSR count). The van der Waals surface area contributed by atoms with E-state index < -0.39 is 45.6 Å². The topological polar surface area (TPSA) is 66.4 Å². The summed E-state index contributed by atoms with van der Waals surface area (Å²) in [6.07, 6.45) is -14.4. The number of rotatable bonds is 6. The Morgan fingerprint density at radius 3 is 1.21 bits per heavy atom. The van der Waals surface area contributed by atoms with Crippen LogP contribution in [0.2, 0.25) is 0 Å². The molecule has 0 bridgehead atoms. The van der Waals surface area contributed by atoms with E-state index in [0.717, 1.165) is 0 Å². The molecule has 0 unspecified atom stereocenters. The Morgan fingerprint density at radius 1 is 0.625 bits per heavy atom. The van der Waals surface area contributed by atoms with Crippen molar-refractivity contribution < 1.29 is 74.8 Å². The van der Waals surface area contributed by atoms with Crippen LogP contribution in [0.15, 0.2) is 0 Å². The van der Waals surface area contributed by atoms with Gasteiger partial charge in [-0.15, -0.1) is 13.2 Å². The van der Waals surface area contributed by atoms with Crippen molar-refractivity contribution in [1.82, 2.24) is 0 Å². The summed E-state index contributed by atoms with van der Waals surface area (Å²) in [7, 11) is -7.84. The molecule has 0 radical (unpaired) electrons. The SMILES string of the molecule is O=S(=O)([O-])C(F)(F)C(F)(F)C(F)(F)C(F)(F)C(F)(F)OC(F)(F)F. The minimum Gasteiger partial charge on any atom is -0.743 e. The quantitative estimate of drug-likeness (QED) is 0.494. The van der Waals surface area contributed by atoms with Crippen LogP contribution >= 0.6 is 0 Å². The highest BCUT2D eigenvalue weighted by Gasteiger charge is 2.89. The molecule has 0 saturated carbocycles. The third kappa shape index (κ3) is 3.35. The minimum atomic E-state index is -8.18. The molecule has 0 aliphatic carbocycles. The lowest BCUT2D eigenvalue weighted by Gasteiger charge is -2.39. The maximum absolute atomic E-state index is 12.8. The molecule has 0 aromatic carbocycles. The predicted octanol–water partition coefficient (Wildman–Crippen LogP) is 3.16. The smallest absolute Gasteiger partial charge is 0.527 e. The van der Waals surface area contributed by atoms with Crippen molar-refractivity contribution in [2.45, 2.75) is 35.5 Å². The molecule has 0 fully saturated rings. The van der Waals surface area contributed by atoms with Gasteiger partial charge in [-0.1, -0.05) is 0 Å². The molecule has 0 aliphatic rings. The monoisotopic (exact) mass is 415 g/mol. The van der Waals surface area contributed by atoms with Crippen LogP contribution < -0.4 is 0 Å². The summed E-state index contributed by atoms with van der Waals surface area (Å²) in [5.74, 6) is -24.3. The van der Waals surface area contributed by atoms with E-state index >= 15 is 0 Å². The Kier molecular flexibility index (Phi) is 5.24. The van der Waals surface area contributed by atoms with Crippen LogP contribution in [-0.4, -0.2) is 48.5 Å². The Morgan fingerprint density at radius 2 is 0.958 bits per heavy atom. The lowest BCUT2D eigenvalue weighted by molar-refractivity contribution is -0.499. The Labute approximate surface area is 121 Å². The second-order valence-corrected chi connectivity index (χ2v) is 5.18. The Hall–Kier alpha value is -1.04. The summed E-state index contributed by atoms with van der Waals surface area (Å²) in [6, 6.07) is 0. The number of hydrogen-bond donors (Lipinski definition) is 0. The summed E-state index contributed by atoms with van der Waals surface area (Å²) < 4.78 is 191. The average molecular weight is 415 g/mol. The van der Waals surface area contributed by atoms with E-state index in [2.05, 4.69) is 0 Å². The molecule has 0 amide bonds. The molecule has 18 heteroatoms. The van der Waals surface area contributed by atoms with Gasteiger partial charge in [0.1, 0.15) is 0 Å². The maximum Gasteiger partial charge on any atom is 0.527 e. The van der Waals surface area contributed by atoms with E-state index in [1.165, 1.54) is 4.74 Å². The molecule has 0 aromatic rings. The van der Waals surface area contributed by atoms with Gasteiger partial charge in [0.15, 0.2) is 10.1 Å². The van der Waals surface area contributed by atoms with Gasteiger partial charge < -0.3 is 4.55 Å². The number of ether oxygens (including phenoxy) is 1. The van der Waals surface area contributed by atoms with Crippen LogP contribution in [-0.2, 0) is 14.9 Å². The Bertz CT molecular complexity index is 576. The molecule has 0 aromatic heterocycles. The van der Waals surface area contributed by atoms with Crippen molar-refractivity contribution in [3.8, 4) is 0 Å². The zero-order valence-electron chi connectivity index (χ0n) is 9.95. The van der Waals surface area contributed by atoms with E-state index in [-0.39, 0.29) is 0 Å². The number of alkyl halides is 13. The van der Waals surface area contributed by atoms with Crippen LogP contribution in [0.3, 0.4) is 0 Å². The average Bonchev–Trinajstić information content (AvgIpc) is 2.22. The van der Waals surface area contributed by atoms with Crippen LogP contribution in [0.1, 0.15) is 0 Å². The van der Waals surface area contributed by atoms with Crippen LogP contribution in [0.25, 0.3) is 0 Å². The van der Waals surface area contributed by atoms with Gasteiger partial charge in [-0.25, -0.2) is 13.2 Å². The highest BCUT2D eigenvalue weighted by atomic mass is 32.2. The zero-order chi connectivity index (χ0) is 20.2. The first-order valence-corrected chi connectivity index (χ1v) is 5.98. The van der Waals surface area contributed by atoms with Crippen LogP contribution in [0.5, 0.6) is 0 Å².